The molecule has 2 N–H and O–H groups in total. The first kappa shape index (κ1) is 20.0. The zero-order valence-electron chi connectivity index (χ0n) is 14.4. The van der Waals surface area contributed by atoms with Crippen LogP contribution >= 0.6 is 23.2 Å². The van der Waals surface area contributed by atoms with E-state index in [9.17, 15) is 9.59 Å². The SMILES string of the molecule is CCCCNC(=O)/C(=C\c1ccc(Cl)cc1)NC(=O)c1ccccc1Cl. The highest BCUT2D eigenvalue weighted by Crippen LogP contribution is 2.16. The average molecular weight is 391 g/mol. The maximum absolute atomic E-state index is 12.5. The van der Waals surface area contributed by atoms with E-state index in [1.165, 1.54) is 0 Å². The molecule has 2 rings (SSSR count). The van der Waals surface area contributed by atoms with Crippen molar-refractivity contribution < 1.29 is 9.59 Å². The normalized spacial score (nSPS) is 11.1. The highest BCUT2D eigenvalue weighted by Gasteiger charge is 2.16. The molecular formula is C20H20Cl2N2O2. The van der Waals surface area contributed by atoms with Crippen molar-refractivity contribution in [1.29, 1.82) is 0 Å². The Morgan fingerprint density at radius 1 is 1.04 bits per heavy atom. The fourth-order valence-corrected chi connectivity index (χ4v) is 2.54. The van der Waals surface area contributed by atoms with Gasteiger partial charge in [-0.3, -0.25) is 9.59 Å². The lowest BCUT2D eigenvalue weighted by molar-refractivity contribution is -0.117. The third-order valence-corrected chi connectivity index (χ3v) is 4.19. The van der Waals surface area contributed by atoms with E-state index in [-0.39, 0.29) is 11.6 Å². The Kier molecular flexibility index (Phi) is 7.70. The van der Waals surface area contributed by atoms with Gasteiger partial charge in [-0.05, 0) is 42.3 Å². The summed E-state index contributed by atoms with van der Waals surface area (Å²) in [5.41, 5.74) is 1.19. The van der Waals surface area contributed by atoms with E-state index in [1.807, 2.05) is 6.92 Å². The van der Waals surface area contributed by atoms with Crippen LogP contribution in [0.1, 0.15) is 35.7 Å². The molecule has 0 radical (unpaired) electrons. The van der Waals surface area contributed by atoms with Crippen molar-refractivity contribution in [3.05, 3.63) is 75.4 Å². The Morgan fingerprint density at radius 3 is 2.38 bits per heavy atom. The molecule has 6 heteroatoms. The van der Waals surface area contributed by atoms with Gasteiger partial charge in [0.2, 0.25) is 0 Å². The number of hydrogen-bond acceptors (Lipinski definition) is 2. The van der Waals surface area contributed by atoms with Gasteiger partial charge in [-0.25, -0.2) is 0 Å². The van der Waals surface area contributed by atoms with Gasteiger partial charge in [-0.1, -0.05) is 60.8 Å². The number of halogens is 2. The van der Waals surface area contributed by atoms with Crippen LogP contribution in [0.15, 0.2) is 54.2 Å². The van der Waals surface area contributed by atoms with Crippen molar-refractivity contribution >= 4 is 41.1 Å². The van der Waals surface area contributed by atoms with E-state index < -0.39 is 5.91 Å². The summed E-state index contributed by atoms with van der Waals surface area (Å²) in [5, 5.41) is 6.38. The third-order valence-electron chi connectivity index (χ3n) is 3.61. The molecule has 0 aromatic heterocycles. The van der Waals surface area contributed by atoms with E-state index in [0.717, 1.165) is 18.4 Å². The number of carbonyl (C=O) groups excluding carboxylic acids is 2. The molecule has 2 aromatic rings. The van der Waals surface area contributed by atoms with Crippen LogP contribution in [0.2, 0.25) is 10.0 Å². The van der Waals surface area contributed by atoms with Gasteiger partial charge in [0.25, 0.3) is 11.8 Å². The van der Waals surface area contributed by atoms with Gasteiger partial charge in [0.05, 0.1) is 10.6 Å². The fraction of sp³-hybridized carbons (Fsp3) is 0.200. The predicted molar refractivity (Wildman–Crippen MR) is 106 cm³/mol. The van der Waals surface area contributed by atoms with Gasteiger partial charge in [0.1, 0.15) is 5.70 Å². The Bertz CT molecular complexity index is 802. The van der Waals surface area contributed by atoms with Crippen LogP contribution in [0.5, 0.6) is 0 Å². The van der Waals surface area contributed by atoms with Crippen molar-refractivity contribution in [3.63, 3.8) is 0 Å². The van der Waals surface area contributed by atoms with E-state index in [0.29, 0.717) is 22.2 Å². The van der Waals surface area contributed by atoms with Crippen LogP contribution in [0.4, 0.5) is 0 Å². The Labute approximate surface area is 163 Å². The molecule has 0 aliphatic rings. The summed E-state index contributed by atoms with van der Waals surface area (Å²) in [5.74, 6) is -0.796. The first-order chi connectivity index (χ1) is 12.5. The molecule has 0 bridgehead atoms. The van der Waals surface area contributed by atoms with E-state index in [1.54, 1.807) is 54.6 Å². The first-order valence-corrected chi connectivity index (χ1v) is 9.08. The van der Waals surface area contributed by atoms with Crippen molar-refractivity contribution in [3.8, 4) is 0 Å². The monoisotopic (exact) mass is 390 g/mol. The fourth-order valence-electron chi connectivity index (χ4n) is 2.19. The van der Waals surface area contributed by atoms with Crippen molar-refractivity contribution in [1.82, 2.24) is 10.6 Å². The standard InChI is InChI=1S/C20H20Cl2N2O2/c1-2-3-12-23-20(26)18(13-14-8-10-15(21)11-9-14)24-19(25)16-6-4-5-7-17(16)22/h4-11,13H,2-3,12H2,1H3,(H,23,26)(H,24,25)/b18-13+. The Morgan fingerprint density at radius 2 is 1.73 bits per heavy atom. The van der Waals surface area contributed by atoms with Gasteiger partial charge in [0, 0.05) is 11.6 Å². The van der Waals surface area contributed by atoms with Crippen LogP contribution in [-0.4, -0.2) is 18.4 Å². The molecule has 136 valence electrons. The molecule has 2 amide bonds. The van der Waals surface area contributed by atoms with Gasteiger partial charge < -0.3 is 10.6 Å². The van der Waals surface area contributed by atoms with Crippen LogP contribution < -0.4 is 10.6 Å². The van der Waals surface area contributed by atoms with Crippen molar-refractivity contribution in [2.45, 2.75) is 19.8 Å². The maximum Gasteiger partial charge on any atom is 0.267 e. The Hall–Kier alpha value is -2.30. The summed E-state index contributed by atoms with van der Waals surface area (Å²) in [7, 11) is 0. The highest BCUT2D eigenvalue weighted by molar-refractivity contribution is 6.34. The predicted octanol–water partition coefficient (Wildman–Crippen LogP) is 4.68. The molecular weight excluding hydrogens is 371 g/mol. The largest absolute Gasteiger partial charge is 0.351 e. The molecule has 26 heavy (non-hydrogen) atoms. The lowest BCUT2D eigenvalue weighted by atomic mass is 10.1. The smallest absolute Gasteiger partial charge is 0.267 e. The molecule has 0 spiro atoms. The molecule has 0 unspecified atom stereocenters. The number of benzene rings is 2. The number of hydrogen-bond donors (Lipinski definition) is 2. The zero-order valence-corrected chi connectivity index (χ0v) is 15.9. The summed E-state index contributed by atoms with van der Waals surface area (Å²) in [6.07, 6.45) is 3.42. The topological polar surface area (TPSA) is 58.2 Å². The van der Waals surface area contributed by atoms with Crippen molar-refractivity contribution in [2.24, 2.45) is 0 Å². The molecule has 0 aliphatic carbocycles. The van der Waals surface area contributed by atoms with Crippen LogP contribution in [0, 0.1) is 0 Å². The Balaban J connectivity index is 2.25. The third kappa shape index (κ3) is 5.90. The molecule has 2 aromatic carbocycles. The van der Waals surface area contributed by atoms with Gasteiger partial charge >= 0.3 is 0 Å². The van der Waals surface area contributed by atoms with Gasteiger partial charge in [-0.15, -0.1) is 0 Å². The second-order valence-electron chi connectivity index (χ2n) is 5.65. The lowest BCUT2D eigenvalue weighted by Gasteiger charge is -2.12. The summed E-state index contributed by atoms with van der Waals surface area (Å²) in [6.45, 7) is 2.57. The van der Waals surface area contributed by atoms with Crippen LogP contribution in [-0.2, 0) is 4.79 Å². The van der Waals surface area contributed by atoms with Gasteiger partial charge in [0.15, 0.2) is 0 Å². The second kappa shape index (κ2) is 10.00. The molecule has 4 nitrogen and oxygen atoms in total. The molecule has 0 fully saturated rings. The minimum Gasteiger partial charge on any atom is -0.351 e. The lowest BCUT2D eigenvalue weighted by Crippen LogP contribution is -2.35. The molecule has 0 heterocycles. The number of amides is 2. The first-order valence-electron chi connectivity index (χ1n) is 8.32. The number of rotatable bonds is 7. The zero-order chi connectivity index (χ0) is 18.9. The van der Waals surface area contributed by atoms with E-state index in [2.05, 4.69) is 10.6 Å². The van der Waals surface area contributed by atoms with Crippen LogP contribution in [0.25, 0.3) is 6.08 Å². The molecule has 0 atom stereocenters. The molecule has 0 saturated heterocycles. The van der Waals surface area contributed by atoms with Gasteiger partial charge in [-0.2, -0.15) is 0 Å². The minimum atomic E-state index is -0.443. The summed E-state index contributed by atoms with van der Waals surface area (Å²) in [4.78, 5) is 25.0. The summed E-state index contributed by atoms with van der Waals surface area (Å²) >= 11 is 12.0. The van der Waals surface area contributed by atoms with E-state index >= 15 is 0 Å². The number of unbranched alkanes of at least 4 members (excludes halogenated alkanes) is 1. The summed E-state index contributed by atoms with van der Waals surface area (Å²) in [6, 6.07) is 13.6. The summed E-state index contributed by atoms with van der Waals surface area (Å²) < 4.78 is 0. The minimum absolute atomic E-state index is 0.147. The van der Waals surface area contributed by atoms with Crippen molar-refractivity contribution in [2.75, 3.05) is 6.54 Å². The maximum atomic E-state index is 12.5. The second-order valence-corrected chi connectivity index (χ2v) is 6.50. The quantitative estimate of drug-likeness (QED) is 0.532. The molecule has 0 aliphatic heterocycles. The molecule has 0 saturated carbocycles. The number of carbonyl (C=O) groups is 2. The van der Waals surface area contributed by atoms with Crippen LogP contribution in [0.3, 0.4) is 0 Å². The highest BCUT2D eigenvalue weighted by atomic mass is 35.5. The average Bonchev–Trinajstić information content (AvgIpc) is 2.63. The van der Waals surface area contributed by atoms with E-state index in [4.69, 9.17) is 23.2 Å². The number of nitrogens with one attached hydrogen (secondary N) is 2.